The molecule has 0 atom stereocenters. The van der Waals surface area contributed by atoms with Crippen LogP contribution in [0.4, 0.5) is 0 Å². The van der Waals surface area contributed by atoms with E-state index in [0.29, 0.717) is 43.2 Å². The maximum Gasteiger partial charge on any atom is 0.167 e. The number of Topliss-reactive ketones (excluding diaryl/α,β-unsaturated/α-hetero) is 1. The number of ether oxygens (including phenoxy) is 2. The second-order valence-electron chi connectivity index (χ2n) is 4.93. The van der Waals surface area contributed by atoms with E-state index >= 15 is 0 Å². The molecule has 0 unspecified atom stereocenters. The molecular formula is C17H17NO3. The molecule has 1 aliphatic heterocycles. The van der Waals surface area contributed by atoms with Gasteiger partial charge in [-0.25, -0.2) is 0 Å². The number of rotatable bonds is 4. The molecule has 2 N–H and O–H groups in total. The van der Waals surface area contributed by atoms with Crippen LogP contribution in [0.1, 0.15) is 21.5 Å². The molecule has 0 saturated carbocycles. The van der Waals surface area contributed by atoms with Crippen LogP contribution in [0.15, 0.2) is 42.5 Å². The Hall–Kier alpha value is -2.33. The first-order valence-corrected chi connectivity index (χ1v) is 6.97. The zero-order chi connectivity index (χ0) is 14.7. The lowest BCUT2D eigenvalue weighted by atomic mass is 9.98. The highest BCUT2D eigenvalue weighted by Gasteiger charge is 2.15. The molecule has 21 heavy (non-hydrogen) atoms. The number of hydrogen-bond donors (Lipinski definition) is 1. The molecule has 0 bridgehead atoms. The maximum absolute atomic E-state index is 12.4. The molecule has 0 fully saturated rings. The number of hydrogen-bond acceptors (Lipinski definition) is 4. The van der Waals surface area contributed by atoms with Crippen LogP contribution in [-0.4, -0.2) is 19.0 Å². The van der Waals surface area contributed by atoms with Crippen molar-refractivity contribution in [2.45, 2.75) is 13.0 Å². The van der Waals surface area contributed by atoms with E-state index in [1.165, 1.54) is 0 Å². The van der Waals surface area contributed by atoms with Crippen LogP contribution in [0, 0.1) is 0 Å². The average Bonchev–Trinajstić information content (AvgIpc) is 2.55. The largest absolute Gasteiger partial charge is 0.486 e. The van der Waals surface area contributed by atoms with Crippen molar-refractivity contribution in [1.29, 1.82) is 0 Å². The van der Waals surface area contributed by atoms with Crippen LogP contribution in [0.5, 0.6) is 11.5 Å². The van der Waals surface area contributed by atoms with E-state index in [1.54, 1.807) is 18.2 Å². The Morgan fingerprint density at radius 3 is 2.48 bits per heavy atom. The minimum Gasteiger partial charge on any atom is -0.486 e. The lowest BCUT2D eigenvalue weighted by molar-refractivity contribution is 0.0991. The van der Waals surface area contributed by atoms with Gasteiger partial charge in [0.2, 0.25) is 0 Å². The average molecular weight is 283 g/mol. The molecule has 0 amide bonds. The minimum absolute atomic E-state index is 0.0490. The number of carbonyl (C=O) groups excluding carboxylic acids is 1. The quantitative estimate of drug-likeness (QED) is 0.875. The molecule has 3 rings (SSSR count). The van der Waals surface area contributed by atoms with Gasteiger partial charge < -0.3 is 15.2 Å². The fourth-order valence-electron chi connectivity index (χ4n) is 2.42. The Morgan fingerprint density at radius 1 is 1.00 bits per heavy atom. The van der Waals surface area contributed by atoms with Crippen molar-refractivity contribution < 1.29 is 14.3 Å². The SMILES string of the molecule is NCc1ccccc1CC(=O)c1ccc2c(c1)OCCO2. The third-order valence-corrected chi connectivity index (χ3v) is 3.55. The number of carbonyl (C=O) groups is 1. The Labute approximate surface area is 123 Å². The van der Waals surface area contributed by atoms with Gasteiger partial charge in [-0.15, -0.1) is 0 Å². The fraction of sp³-hybridized carbons (Fsp3) is 0.235. The maximum atomic E-state index is 12.4. The normalized spacial score (nSPS) is 13.0. The lowest BCUT2D eigenvalue weighted by Gasteiger charge is -2.18. The highest BCUT2D eigenvalue weighted by molar-refractivity contribution is 5.98. The van der Waals surface area contributed by atoms with E-state index in [9.17, 15) is 4.79 Å². The van der Waals surface area contributed by atoms with Gasteiger partial charge in [0.15, 0.2) is 17.3 Å². The van der Waals surface area contributed by atoms with Gasteiger partial charge in [0.05, 0.1) is 0 Å². The van der Waals surface area contributed by atoms with Crippen LogP contribution in [0.25, 0.3) is 0 Å². The van der Waals surface area contributed by atoms with Crippen LogP contribution in [0.2, 0.25) is 0 Å². The van der Waals surface area contributed by atoms with Crippen molar-refractivity contribution in [3.8, 4) is 11.5 Å². The molecule has 1 aliphatic rings. The molecule has 4 nitrogen and oxygen atoms in total. The molecule has 0 saturated heterocycles. The molecule has 0 aromatic heterocycles. The summed E-state index contributed by atoms with van der Waals surface area (Å²) in [6.07, 6.45) is 0.340. The molecule has 4 heteroatoms. The summed E-state index contributed by atoms with van der Waals surface area (Å²) in [5.74, 6) is 1.38. The molecule has 0 spiro atoms. The summed E-state index contributed by atoms with van der Waals surface area (Å²) >= 11 is 0. The Bertz CT molecular complexity index is 667. The van der Waals surface area contributed by atoms with Crippen molar-refractivity contribution in [2.75, 3.05) is 13.2 Å². The predicted molar refractivity (Wildman–Crippen MR) is 79.8 cm³/mol. The Balaban J connectivity index is 1.82. The third kappa shape index (κ3) is 2.90. The van der Waals surface area contributed by atoms with Gasteiger partial charge in [-0.3, -0.25) is 4.79 Å². The lowest BCUT2D eigenvalue weighted by Crippen LogP contribution is -2.16. The summed E-state index contributed by atoms with van der Waals surface area (Å²) in [4.78, 5) is 12.4. The Kier molecular flexibility index (Phi) is 3.88. The number of ketones is 1. The van der Waals surface area contributed by atoms with Crippen molar-refractivity contribution in [1.82, 2.24) is 0 Å². The summed E-state index contributed by atoms with van der Waals surface area (Å²) in [7, 11) is 0. The van der Waals surface area contributed by atoms with Crippen molar-refractivity contribution in [3.05, 3.63) is 59.2 Å². The van der Waals surface area contributed by atoms with Gasteiger partial charge in [0.1, 0.15) is 13.2 Å². The standard InChI is InChI=1S/C17H17NO3/c18-11-14-4-2-1-3-12(14)9-15(19)13-5-6-16-17(10-13)21-8-7-20-16/h1-6,10H,7-9,11,18H2. The molecule has 0 radical (unpaired) electrons. The predicted octanol–water partition coefficient (Wildman–Crippen LogP) is 2.34. The van der Waals surface area contributed by atoms with E-state index in [0.717, 1.165) is 11.1 Å². The molecular weight excluding hydrogens is 266 g/mol. The highest BCUT2D eigenvalue weighted by atomic mass is 16.6. The van der Waals surface area contributed by atoms with Gasteiger partial charge in [0, 0.05) is 18.5 Å². The van der Waals surface area contributed by atoms with Gasteiger partial charge in [-0.05, 0) is 29.3 Å². The smallest absolute Gasteiger partial charge is 0.167 e. The van der Waals surface area contributed by atoms with E-state index < -0.39 is 0 Å². The molecule has 2 aromatic rings. The molecule has 2 aromatic carbocycles. The number of fused-ring (bicyclic) bond motifs is 1. The monoisotopic (exact) mass is 283 g/mol. The summed E-state index contributed by atoms with van der Waals surface area (Å²) in [5.41, 5.74) is 8.31. The van der Waals surface area contributed by atoms with E-state index in [-0.39, 0.29) is 5.78 Å². The van der Waals surface area contributed by atoms with Crippen molar-refractivity contribution >= 4 is 5.78 Å². The van der Waals surface area contributed by atoms with Gasteiger partial charge in [-0.1, -0.05) is 24.3 Å². The second-order valence-corrected chi connectivity index (χ2v) is 4.93. The van der Waals surface area contributed by atoms with Crippen LogP contribution in [-0.2, 0) is 13.0 Å². The first-order valence-electron chi connectivity index (χ1n) is 6.97. The van der Waals surface area contributed by atoms with Gasteiger partial charge in [0.25, 0.3) is 0 Å². The number of nitrogens with two attached hydrogens (primary N) is 1. The van der Waals surface area contributed by atoms with E-state index in [4.69, 9.17) is 15.2 Å². The second kappa shape index (κ2) is 5.97. The zero-order valence-electron chi connectivity index (χ0n) is 11.7. The third-order valence-electron chi connectivity index (χ3n) is 3.55. The summed E-state index contributed by atoms with van der Waals surface area (Å²) in [6.45, 7) is 1.50. The Morgan fingerprint density at radius 2 is 1.71 bits per heavy atom. The van der Waals surface area contributed by atoms with Crippen LogP contribution < -0.4 is 15.2 Å². The number of benzene rings is 2. The zero-order valence-corrected chi connectivity index (χ0v) is 11.7. The molecule has 0 aliphatic carbocycles. The van der Waals surface area contributed by atoms with Gasteiger partial charge in [-0.2, -0.15) is 0 Å². The topological polar surface area (TPSA) is 61.6 Å². The van der Waals surface area contributed by atoms with E-state index in [2.05, 4.69) is 0 Å². The molecule has 108 valence electrons. The summed E-state index contributed by atoms with van der Waals surface area (Å²) in [5, 5.41) is 0. The minimum atomic E-state index is 0.0490. The van der Waals surface area contributed by atoms with Crippen molar-refractivity contribution in [2.24, 2.45) is 5.73 Å². The summed E-state index contributed by atoms with van der Waals surface area (Å²) in [6, 6.07) is 13.1. The van der Waals surface area contributed by atoms with Crippen LogP contribution in [0.3, 0.4) is 0 Å². The molecule has 1 heterocycles. The van der Waals surface area contributed by atoms with Crippen LogP contribution >= 0.6 is 0 Å². The first-order chi connectivity index (χ1) is 10.3. The van der Waals surface area contributed by atoms with Gasteiger partial charge >= 0.3 is 0 Å². The van der Waals surface area contributed by atoms with E-state index in [1.807, 2.05) is 24.3 Å². The summed E-state index contributed by atoms with van der Waals surface area (Å²) < 4.78 is 11.0. The van der Waals surface area contributed by atoms with Crippen molar-refractivity contribution in [3.63, 3.8) is 0 Å². The highest BCUT2D eigenvalue weighted by Crippen LogP contribution is 2.31. The first kappa shape index (κ1) is 13.6. The fourth-order valence-corrected chi connectivity index (χ4v) is 2.42.